The second-order valence-electron chi connectivity index (χ2n) is 20.1. The highest BCUT2D eigenvalue weighted by Crippen LogP contribution is 2.27. The molecule has 0 aromatic heterocycles. The lowest BCUT2D eigenvalue weighted by Gasteiger charge is -2.42. The summed E-state index contributed by atoms with van der Waals surface area (Å²) in [5, 5.41) is 72.3. The van der Waals surface area contributed by atoms with Crippen LogP contribution in [-0.2, 0) is 38.0 Å². The van der Waals surface area contributed by atoms with Crippen molar-refractivity contribution in [3.8, 4) is 0 Å². The van der Waals surface area contributed by atoms with Crippen molar-refractivity contribution < 1.29 is 73.8 Å². The fraction of sp³-hybridized carbons (Fsp3) is 0.767. The van der Waals surface area contributed by atoms with E-state index in [0.29, 0.717) is 12.8 Å². The normalized spacial score (nSPS) is 25.0. The molecule has 15 heteroatoms. The third-order valence-corrected chi connectivity index (χ3v) is 13.5. The van der Waals surface area contributed by atoms with Gasteiger partial charge in [0.05, 0.1) is 19.8 Å². The van der Waals surface area contributed by atoms with Gasteiger partial charge in [-0.3, -0.25) is 9.59 Å². The van der Waals surface area contributed by atoms with Gasteiger partial charge in [0, 0.05) is 12.8 Å². The lowest BCUT2D eigenvalue weighted by Crippen LogP contribution is -2.61. The second kappa shape index (κ2) is 45.9. The van der Waals surface area contributed by atoms with Crippen molar-refractivity contribution in [2.45, 2.75) is 268 Å². The van der Waals surface area contributed by atoms with Gasteiger partial charge in [-0.15, -0.1) is 0 Å². The van der Waals surface area contributed by atoms with Crippen LogP contribution in [0.1, 0.15) is 200 Å². The Hall–Kier alpha value is -3.06. The van der Waals surface area contributed by atoms with E-state index in [1.807, 2.05) is 12.2 Å². The molecule has 75 heavy (non-hydrogen) atoms. The molecule has 432 valence electrons. The largest absolute Gasteiger partial charge is 0.462 e. The van der Waals surface area contributed by atoms with Crippen LogP contribution in [0.15, 0.2) is 72.9 Å². The number of rotatable bonds is 45. The summed E-state index contributed by atoms with van der Waals surface area (Å²) in [5.41, 5.74) is 0. The van der Waals surface area contributed by atoms with Gasteiger partial charge in [0.2, 0.25) is 0 Å². The Bertz CT molecular complexity index is 1580. The van der Waals surface area contributed by atoms with Crippen LogP contribution < -0.4 is 0 Å². The van der Waals surface area contributed by atoms with Crippen molar-refractivity contribution in [2.24, 2.45) is 0 Å². The molecule has 0 aromatic rings. The molecule has 2 aliphatic heterocycles. The standard InChI is InChI=1S/C60H102O15/c1-3-5-7-9-11-13-15-17-19-21-23-25-27-29-31-33-35-37-39-41-43-52(63)73-48(45-70-51(62)42-40-38-36-34-32-30-28-26-24-22-20-18-16-14-12-10-8-6-4-2)46-71-59-58(69)56(67)54(65)50(75-59)47-72-60-57(68)55(66)53(64)49(44-61)74-60/h6,8,12,14,18,20,24,26,30,32,36,38,48-50,53-61,64-69H,3-5,7,9-11,13,15-17,19,21-23,25,27-29,31,33-35,37,39-47H2,1-2H3/b8-6+,14-12+,20-18+,26-24+,32-30+,38-36+/t48-,49+,50+,53-,54-,55?,56?,57?,58?,59+,60+/m1/s1. The van der Waals surface area contributed by atoms with Gasteiger partial charge in [0.15, 0.2) is 18.7 Å². The Morgan fingerprint density at radius 2 is 0.840 bits per heavy atom. The maximum atomic E-state index is 13.1. The molecule has 0 spiro atoms. The van der Waals surface area contributed by atoms with Crippen LogP contribution in [0.2, 0.25) is 0 Å². The fourth-order valence-corrected chi connectivity index (χ4v) is 8.77. The average molecular weight is 1060 g/mol. The Kier molecular flexibility index (Phi) is 41.7. The van der Waals surface area contributed by atoms with E-state index in [1.54, 1.807) is 0 Å². The molecule has 4 unspecified atom stereocenters. The molecular formula is C60H102O15. The van der Waals surface area contributed by atoms with Crippen molar-refractivity contribution in [3.05, 3.63) is 72.9 Å². The molecule has 0 aliphatic carbocycles. The van der Waals surface area contributed by atoms with Gasteiger partial charge in [-0.1, -0.05) is 209 Å². The van der Waals surface area contributed by atoms with Crippen LogP contribution in [0.5, 0.6) is 0 Å². The fourth-order valence-electron chi connectivity index (χ4n) is 8.77. The predicted molar refractivity (Wildman–Crippen MR) is 293 cm³/mol. The molecule has 11 atom stereocenters. The Morgan fingerprint density at radius 1 is 0.440 bits per heavy atom. The molecule has 2 saturated heterocycles. The minimum Gasteiger partial charge on any atom is -0.462 e. The second-order valence-corrected chi connectivity index (χ2v) is 20.1. The number of hydrogen-bond donors (Lipinski definition) is 7. The molecule has 2 heterocycles. The van der Waals surface area contributed by atoms with Crippen molar-refractivity contribution in [1.29, 1.82) is 0 Å². The van der Waals surface area contributed by atoms with Crippen LogP contribution in [0.4, 0.5) is 0 Å². The van der Waals surface area contributed by atoms with Gasteiger partial charge >= 0.3 is 11.9 Å². The van der Waals surface area contributed by atoms with Crippen LogP contribution in [0.25, 0.3) is 0 Å². The van der Waals surface area contributed by atoms with Gasteiger partial charge in [0.25, 0.3) is 0 Å². The van der Waals surface area contributed by atoms with Crippen molar-refractivity contribution in [3.63, 3.8) is 0 Å². The summed E-state index contributed by atoms with van der Waals surface area (Å²) in [6, 6.07) is 0. The van der Waals surface area contributed by atoms with E-state index in [4.69, 9.17) is 28.4 Å². The van der Waals surface area contributed by atoms with E-state index in [2.05, 4.69) is 74.6 Å². The average Bonchev–Trinajstić information content (AvgIpc) is 3.40. The number of ether oxygens (including phenoxy) is 6. The van der Waals surface area contributed by atoms with Crippen LogP contribution in [0, 0.1) is 0 Å². The molecule has 2 rings (SSSR count). The van der Waals surface area contributed by atoms with Gasteiger partial charge in [-0.25, -0.2) is 0 Å². The third kappa shape index (κ3) is 33.1. The Labute approximate surface area is 451 Å². The van der Waals surface area contributed by atoms with Gasteiger partial charge < -0.3 is 64.2 Å². The molecule has 0 saturated carbocycles. The minimum absolute atomic E-state index is 0.0910. The molecule has 0 radical (unpaired) electrons. The monoisotopic (exact) mass is 1060 g/mol. The SMILES string of the molecule is CC/C=C/C/C=C/C/C=C/C/C=C/C/C=C/C/C=C/CCC(=O)OC[C@H](CO[C@H]1O[C@@H](CO[C@H]2O[C@@H](CO)[C@@H](O)C(O)C2O)[C@@H](O)C(O)C1O)OC(=O)CCCCCCCCCCCCCCCCCCCCCC. The Morgan fingerprint density at radius 3 is 1.29 bits per heavy atom. The van der Waals surface area contributed by atoms with Crippen molar-refractivity contribution >= 4 is 11.9 Å². The molecular weight excluding hydrogens is 961 g/mol. The van der Waals surface area contributed by atoms with Gasteiger partial charge in [-0.05, 0) is 51.4 Å². The molecule has 0 amide bonds. The first kappa shape index (κ1) is 68.0. The Balaban J connectivity index is 1.79. The number of esters is 2. The van der Waals surface area contributed by atoms with Gasteiger partial charge in [-0.2, -0.15) is 0 Å². The van der Waals surface area contributed by atoms with E-state index in [0.717, 1.165) is 57.8 Å². The summed E-state index contributed by atoms with van der Waals surface area (Å²) in [6.07, 6.45) is 39.4. The number of aliphatic hydroxyl groups is 7. The summed E-state index contributed by atoms with van der Waals surface area (Å²) in [6.45, 7) is 2.42. The first-order chi connectivity index (χ1) is 36.5. The van der Waals surface area contributed by atoms with Gasteiger partial charge in [0.1, 0.15) is 55.4 Å². The minimum atomic E-state index is -1.78. The first-order valence-electron chi connectivity index (χ1n) is 29.0. The quantitative estimate of drug-likeness (QED) is 0.0171. The van der Waals surface area contributed by atoms with E-state index in [1.165, 1.54) is 103 Å². The topological polar surface area (TPSA) is 231 Å². The highest BCUT2D eigenvalue weighted by molar-refractivity contribution is 5.70. The smallest absolute Gasteiger partial charge is 0.306 e. The number of hydrogen-bond acceptors (Lipinski definition) is 15. The van der Waals surface area contributed by atoms with Crippen molar-refractivity contribution in [1.82, 2.24) is 0 Å². The molecule has 0 aromatic carbocycles. The van der Waals surface area contributed by atoms with Crippen LogP contribution in [-0.4, -0.2) is 142 Å². The predicted octanol–water partition coefficient (Wildman–Crippen LogP) is 9.77. The highest BCUT2D eigenvalue weighted by Gasteiger charge is 2.47. The third-order valence-electron chi connectivity index (χ3n) is 13.5. The number of carbonyl (C=O) groups excluding carboxylic acids is 2. The maximum Gasteiger partial charge on any atom is 0.306 e. The zero-order chi connectivity index (χ0) is 54.6. The van der Waals surface area contributed by atoms with E-state index < -0.39 is 99.3 Å². The van der Waals surface area contributed by atoms with Crippen LogP contribution >= 0.6 is 0 Å². The summed E-state index contributed by atoms with van der Waals surface area (Å²) in [5.74, 6) is -1.02. The summed E-state index contributed by atoms with van der Waals surface area (Å²) < 4.78 is 33.6. The maximum absolute atomic E-state index is 13.1. The number of aliphatic hydroxyl groups excluding tert-OH is 7. The summed E-state index contributed by atoms with van der Waals surface area (Å²) in [7, 11) is 0. The molecule has 15 nitrogen and oxygen atoms in total. The highest BCUT2D eigenvalue weighted by atomic mass is 16.7. The molecule has 0 bridgehead atoms. The lowest BCUT2D eigenvalue weighted by molar-refractivity contribution is -0.332. The summed E-state index contributed by atoms with van der Waals surface area (Å²) >= 11 is 0. The zero-order valence-corrected chi connectivity index (χ0v) is 46.0. The van der Waals surface area contributed by atoms with Crippen LogP contribution in [0.3, 0.4) is 0 Å². The van der Waals surface area contributed by atoms with E-state index >= 15 is 0 Å². The number of carbonyl (C=O) groups is 2. The molecule has 2 aliphatic rings. The first-order valence-corrected chi connectivity index (χ1v) is 29.0. The lowest BCUT2D eigenvalue weighted by atomic mass is 9.98. The van der Waals surface area contributed by atoms with E-state index in [9.17, 15) is 45.3 Å². The summed E-state index contributed by atoms with van der Waals surface area (Å²) in [4.78, 5) is 25.9. The number of allylic oxidation sites excluding steroid dienone is 12. The van der Waals surface area contributed by atoms with Crippen molar-refractivity contribution in [2.75, 3.05) is 26.4 Å². The molecule has 2 fully saturated rings. The zero-order valence-electron chi connectivity index (χ0n) is 46.0. The molecule has 7 N–H and O–H groups in total. The number of unbranched alkanes of at least 4 members (excludes halogenated alkanes) is 19. The van der Waals surface area contributed by atoms with E-state index in [-0.39, 0.29) is 19.4 Å².